The molecule has 1 aromatic carbocycles. The summed E-state index contributed by atoms with van der Waals surface area (Å²) in [5, 5.41) is 9.98. The van der Waals surface area contributed by atoms with E-state index in [4.69, 9.17) is 0 Å². The molecule has 26 heavy (non-hydrogen) atoms. The molecule has 0 radical (unpaired) electrons. The van der Waals surface area contributed by atoms with Crippen LogP contribution in [0.4, 0.5) is 10.8 Å². The number of hydrogen-bond acceptors (Lipinski definition) is 5. The molecule has 0 aliphatic heterocycles. The predicted octanol–water partition coefficient (Wildman–Crippen LogP) is 4.65. The molecular formula is C19H19N3O2S2. The van der Waals surface area contributed by atoms with Gasteiger partial charge in [-0.2, -0.15) is 0 Å². The van der Waals surface area contributed by atoms with Crippen molar-refractivity contribution in [1.82, 2.24) is 4.98 Å². The van der Waals surface area contributed by atoms with Crippen molar-refractivity contribution < 1.29 is 9.59 Å². The third kappa shape index (κ3) is 5.00. The van der Waals surface area contributed by atoms with Gasteiger partial charge in [-0.15, -0.1) is 22.7 Å². The molecule has 2 amide bonds. The fourth-order valence-corrected chi connectivity index (χ4v) is 3.92. The van der Waals surface area contributed by atoms with E-state index >= 15 is 0 Å². The lowest BCUT2D eigenvalue weighted by Gasteiger charge is -2.07. The molecule has 0 bridgehead atoms. The fourth-order valence-electron chi connectivity index (χ4n) is 2.56. The lowest BCUT2D eigenvalue weighted by atomic mass is 10.1. The third-order valence-corrected chi connectivity index (χ3v) is 5.31. The standard InChI is InChI=1S/C19H19N3O2S2/c1-12-8-13(2)10-15(9-12)20-17(23)6-5-14-11-26-19(21-14)22-18(24)16-4-3-7-25-16/h3-4,7-11H,5-6H2,1-2H3,(H,20,23)(H,21,22,24). The summed E-state index contributed by atoms with van der Waals surface area (Å²) >= 11 is 2.75. The summed E-state index contributed by atoms with van der Waals surface area (Å²) < 4.78 is 0. The zero-order valence-corrected chi connectivity index (χ0v) is 16.2. The number of aromatic nitrogens is 1. The van der Waals surface area contributed by atoms with E-state index in [0.29, 0.717) is 22.9 Å². The Labute approximate surface area is 160 Å². The van der Waals surface area contributed by atoms with Crippen molar-refractivity contribution in [3.63, 3.8) is 0 Å². The number of hydrogen-bond donors (Lipinski definition) is 2. The van der Waals surface area contributed by atoms with E-state index in [-0.39, 0.29) is 11.8 Å². The second-order valence-electron chi connectivity index (χ2n) is 6.00. The monoisotopic (exact) mass is 385 g/mol. The molecule has 0 fully saturated rings. The molecule has 0 unspecified atom stereocenters. The van der Waals surface area contributed by atoms with Crippen LogP contribution in [0.25, 0.3) is 0 Å². The number of thiazole rings is 1. The molecule has 3 aromatic rings. The van der Waals surface area contributed by atoms with E-state index in [1.54, 1.807) is 6.07 Å². The van der Waals surface area contributed by atoms with E-state index in [9.17, 15) is 9.59 Å². The first kappa shape index (κ1) is 18.3. The number of nitrogens with one attached hydrogen (secondary N) is 2. The Bertz CT molecular complexity index is 897. The molecule has 134 valence electrons. The molecule has 0 aliphatic rings. The van der Waals surface area contributed by atoms with E-state index in [2.05, 4.69) is 21.7 Å². The van der Waals surface area contributed by atoms with Crippen LogP contribution in [-0.4, -0.2) is 16.8 Å². The average molecular weight is 386 g/mol. The van der Waals surface area contributed by atoms with Crippen LogP contribution < -0.4 is 10.6 Å². The van der Waals surface area contributed by atoms with Gasteiger partial charge in [0.15, 0.2) is 5.13 Å². The molecule has 0 spiro atoms. The summed E-state index contributed by atoms with van der Waals surface area (Å²) in [6, 6.07) is 9.57. The number of rotatable bonds is 6. The maximum Gasteiger partial charge on any atom is 0.267 e. The molecule has 5 nitrogen and oxygen atoms in total. The zero-order valence-electron chi connectivity index (χ0n) is 14.5. The highest BCUT2D eigenvalue weighted by atomic mass is 32.1. The molecule has 0 saturated heterocycles. The number of amides is 2. The molecule has 2 heterocycles. The van der Waals surface area contributed by atoms with E-state index in [1.807, 2.05) is 42.8 Å². The Morgan fingerprint density at radius 1 is 1.08 bits per heavy atom. The third-order valence-electron chi connectivity index (χ3n) is 3.63. The van der Waals surface area contributed by atoms with Gasteiger partial charge in [-0.25, -0.2) is 4.98 Å². The Hall–Kier alpha value is -2.51. The van der Waals surface area contributed by atoms with Gasteiger partial charge in [0.2, 0.25) is 5.91 Å². The van der Waals surface area contributed by atoms with Crippen LogP contribution in [0.1, 0.15) is 32.9 Å². The summed E-state index contributed by atoms with van der Waals surface area (Å²) in [7, 11) is 0. The Morgan fingerprint density at radius 2 is 1.85 bits per heavy atom. The van der Waals surface area contributed by atoms with Gasteiger partial charge in [0.1, 0.15) is 0 Å². The number of benzene rings is 1. The Kier molecular flexibility index (Phi) is 5.80. The van der Waals surface area contributed by atoms with Crippen LogP contribution in [0.5, 0.6) is 0 Å². The largest absolute Gasteiger partial charge is 0.326 e. The topological polar surface area (TPSA) is 71.1 Å². The Morgan fingerprint density at radius 3 is 2.54 bits per heavy atom. The number of anilines is 2. The normalized spacial score (nSPS) is 10.5. The highest BCUT2D eigenvalue weighted by Gasteiger charge is 2.11. The second-order valence-corrected chi connectivity index (χ2v) is 7.81. The SMILES string of the molecule is Cc1cc(C)cc(NC(=O)CCc2csc(NC(=O)c3cccs3)n2)c1. The minimum absolute atomic E-state index is 0.0489. The van der Waals surface area contributed by atoms with Crippen molar-refractivity contribution in [2.45, 2.75) is 26.7 Å². The van der Waals surface area contributed by atoms with Crippen molar-refractivity contribution in [2.24, 2.45) is 0 Å². The minimum Gasteiger partial charge on any atom is -0.326 e. The highest BCUT2D eigenvalue weighted by Crippen LogP contribution is 2.19. The van der Waals surface area contributed by atoms with Gasteiger partial charge in [-0.05, 0) is 55.0 Å². The first-order valence-corrected chi connectivity index (χ1v) is 9.93. The number of thiophene rings is 1. The molecular weight excluding hydrogens is 366 g/mol. The van der Waals surface area contributed by atoms with Gasteiger partial charge in [0, 0.05) is 17.5 Å². The Balaban J connectivity index is 1.51. The van der Waals surface area contributed by atoms with Gasteiger partial charge < -0.3 is 5.32 Å². The maximum absolute atomic E-state index is 12.1. The van der Waals surface area contributed by atoms with Crippen LogP contribution in [0.15, 0.2) is 41.1 Å². The van der Waals surface area contributed by atoms with Crippen molar-refractivity contribution in [3.8, 4) is 0 Å². The summed E-state index contributed by atoms with van der Waals surface area (Å²) in [6.45, 7) is 4.01. The molecule has 3 rings (SSSR count). The first-order chi connectivity index (χ1) is 12.5. The molecule has 2 aromatic heterocycles. The molecule has 2 N–H and O–H groups in total. The average Bonchev–Trinajstić information content (AvgIpc) is 3.23. The van der Waals surface area contributed by atoms with Crippen molar-refractivity contribution in [1.29, 1.82) is 0 Å². The van der Waals surface area contributed by atoms with Crippen LogP contribution in [-0.2, 0) is 11.2 Å². The number of nitrogens with zero attached hydrogens (tertiary/aromatic N) is 1. The van der Waals surface area contributed by atoms with Gasteiger partial charge in [0.05, 0.1) is 10.6 Å². The van der Waals surface area contributed by atoms with Crippen molar-refractivity contribution in [3.05, 3.63) is 62.8 Å². The molecule has 7 heteroatoms. The summed E-state index contributed by atoms with van der Waals surface area (Å²) in [5.74, 6) is -0.208. The maximum atomic E-state index is 12.1. The van der Waals surface area contributed by atoms with Crippen LogP contribution >= 0.6 is 22.7 Å². The number of carbonyl (C=O) groups excluding carboxylic acids is 2. The fraction of sp³-hybridized carbons (Fsp3) is 0.211. The van der Waals surface area contributed by atoms with Crippen LogP contribution in [0.2, 0.25) is 0 Å². The van der Waals surface area contributed by atoms with Crippen molar-refractivity contribution in [2.75, 3.05) is 10.6 Å². The van der Waals surface area contributed by atoms with Crippen LogP contribution in [0, 0.1) is 13.8 Å². The summed E-state index contributed by atoms with van der Waals surface area (Å²) in [6.07, 6.45) is 0.872. The van der Waals surface area contributed by atoms with Crippen LogP contribution in [0.3, 0.4) is 0 Å². The zero-order chi connectivity index (χ0) is 18.5. The summed E-state index contributed by atoms with van der Waals surface area (Å²) in [4.78, 5) is 29.2. The second kappa shape index (κ2) is 8.25. The number of aryl methyl sites for hydroxylation is 3. The quantitative estimate of drug-likeness (QED) is 0.649. The van der Waals surface area contributed by atoms with E-state index in [1.165, 1.54) is 22.7 Å². The van der Waals surface area contributed by atoms with Gasteiger partial charge >= 0.3 is 0 Å². The molecule has 0 saturated carbocycles. The molecule has 0 aliphatic carbocycles. The molecule has 0 atom stereocenters. The van der Waals surface area contributed by atoms with Gasteiger partial charge in [0.25, 0.3) is 5.91 Å². The van der Waals surface area contributed by atoms with Gasteiger partial charge in [-0.3, -0.25) is 14.9 Å². The van der Waals surface area contributed by atoms with Gasteiger partial charge in [-0.1, -0.05) is 12.1 Å². The minimum atomic E-state index is -0.159. The summed E-state index contributed by atoms with van der Waals surface area (Å²) in [5.41, 5.74) is 3.85. The smallest absolute Gasteiger partial charge is 0.267 e. The van der Waals surface area contributed by atoms with E-state index in [0.717, 1.165) is 22.5 Å². The lowest BCUT2D eigenvalue weighted by molar-refractivity contribution is -0.116. The van der Waals surface area contributed by atoms with E-state index < -0.39 is 0 Å². The predicted molar refractivity (Wildman–Crippen MR) is 107 cm³/mol. The first-order valence-electron chi connectivity index (χ1n) is 8.17. The lowest BCUT2D eigenvalue weighted by Crippen LogP contribution is -2.13. The number of carbonyl (C=O) groups is 2. The van der Waals surface area contributed by atoms with Crippen molar-refractivity contribution >= 4 is 45.3 Å². The highest BCUT2D eigenvalue weighted by molar-refractivity contribution is 7.14.